The number of hydrogen-bond acceptors (Lipinski definition) is 3. The first-order chi connectivity index (χ1) is 6.90. The molecule has 0 fully saturated rings. The monoisotopic (exact) mass is 186 g/mol. The number of imidazole rings is 1. The van der Waals surface area contributed by atoms with E-state index in [0.717, 1.165) is 5.69 Å². The van der Waals surface area contributed by atoms with Crippen molar-refractivity contribution in [3.05, 3.63) is 30.4 Å². The minimum Gasteiger partial charge on any atom is -0.300 e. The second-order valence-electron chi connectivity index (χ2n) is 2.87. The number of nitrogens with zero attached hydrogens (tertiary/aromatic N) is 3. The van der Waals surface area contributed by atoms with Gasteiger partial charge in [-0.05, 0) is 6.07 Å². The molecule has 4 nitrogen and oxygen atoms in total. The summed E-state index contributed by atoms with van der Waals surface area (Å²) >= 11 is 0. The number of fused-ring (bicyclic) bond motifs is 1. The van der Waals surface area contributed by atoms with Crippen LogP contribution in [-0.4, -0.2) is 20.9 Å². The fourth-order valence-corrected chi connectivity index (χ4v) is 1.23. The molecule has 2 aromatic rings. The molecular weight excluding hydrogens is 176 g/mol. The standard InChI is InChI=1S/C10H10N4/c1-2-4-11-7-9-8-14-6-3-5-12-10(14)13-9/h1,3,5-6,8,11H,4,7H2. The molecule has 2 aromatic heterocycles. The van der Waals surface area contributed by atoms with Crippen molar-refractivity contribution in [2.75, 3.05) is 6.54 Å². The summed E-state index contributed by atoms with van der Waals surface area (Å²) < 4.78 is 1.88. The van der Waals surface area contributed by atoms with Gasteiger partial charge >= 0.3 is 0 Å². The summed E-state index contributed by atoms with van der Waals surface area (Å²) in [6, 6.07) is 1.87. The predicted octanol–water partition coefficient (Wildman–Crippen LogP) is 0.452. The molecule has 0 atom stereocenters. The predicted molar refractivity (Wildman–Crippen MR) is 53.5 cm³/mol. The Kier molecular flexibility index (Phi) is 2.43. The number of rotatable bonds is 3. The molecular formula is C10H10N4. The molecule has 0 spiro atoms. The van der Waals surface area contributed by atoms with E-state index in [1.54, 1.807) is 6.20 Å². The topological polar surface area (TPSA) is 42.2 Å². The third-order valence-corrected chi connectivity index (χ3v) is 1.82. The summed E-state index contributed by atoms with van der Waals surface area (Å²) in [7, 11) is 0. The van der Waals surface area contributed by atoms with Gasteiger partial charge in [-0.1, -0.05) is 5.92 Å². The first kappa shape index (κ1) is 8.73. The Balaban J connectivity index is 2.15. The molecule has 0 aromatic carbocycles. The van der Waals surface area contributed by atoms with Crippen molar-refractivity contribution in [3.8, 4) is 12.3 Å². The first-order valence-corrected chi connectivity index (χ1v) is 4.33. The van der Waals surface area contributed by atoms with Gasteiger partial charge in [0.15, 0.2) is 0 Å². The molecule has 0 saturated heterocycles. The highest BCUT2D eigenvalue weighted by atomic mass is 15.1. The van der Waals surface area contributed by atoms with Crippen LogP contribution in [0.5, 0.6) is 0 Å². The Bertz CT molecular complexity index is 433. The molecule has 1 N–H and O–H groups in total. The van der Waals surface area contributed by atoms with Gasteiger partial charge in [0.2, 0.25) is 5.78 Å². The lowest BCUT2D eigenvalue weighted by Crippen LogP contribution is -2.13. The Labute approximate surface area is 82.0 Å². The number of hydrogen-bond donors (Lipinski definition) is 1. The van der Waals surface area contributed by atoms with Crippen LogP contribution in [-0.2, 0) is 6.54 Å². The summed E-state index contributed by atoms with van der Waals surface area (Å²) in [6.07, 6.45) is 10.7. The van der Waals surface area contributed by atoms with E-state index in [1.807, 2.05) is 22.9 Å². The third kappa shape index (κ3) is 1.73. The fourth-order valence-electron chi connectivity index (χ4n) is 1.23. The van der Waals surface area contributed by atoms with Gasteiger partial charge in [0.25, 0.3) is 0 Å². The van der Waals surface area contributed by atoms with E-state index >= 15 is 0 Å². The average molecular weight is 186 g/mol. The van der Waals surface area contributed by atoms with Crippen molar-refractivity contribution in [3.63, 3.8) is 0 Å². The van der Waals surface area contributed by atoms with E-state index in [0.29, 0.717) is 18.9 Å². The zero-order chi connectivity index (χ0) is 9.80. The van der Waals surface area contributed by atoms with E-state index in [4.69, 9.17) is 6.42 Å². The van der Waals surface area contributed by atoms with Gasteiger partial charge in [-0.3, -0.25) is 4.40 Å². The normalized spacial score (nSPS) is 10.2. The van der Waals surface area contributed by atoms with E-state index < -0.39 is 0 Å². The molecule has 0 saturated carbocycles. The van der Waals surface area contributed by atoms with Crippen LogP contribution in [0.25, 0.3) is 5.78 Å². The molecule has 2 rings (SSSR count). The summed E-state index contributed by atoms with van der Waals surface area (Å²) in [5.41, 5.74) is 0.943. The Morgan fingerprint density at radius 2 is 2.50 bits per heavy atom. The van der Waals surface area contributed by atoms with Gasteiger partial charge < -0.3 is 5.32 Å². The van der Waals surface area contributed by atoms with Crippen LogP contribution in [0.3, 0.4) is 0 Å². The molecule has 0 bridgehead atoms. The van der Waals surface area contributed by atoms with Crippen LogP contribution in [0.2, 0.25) is 0 Å². The van der Waals surface area contributed by atoms with Gasteiger partial charge in [0.05, 0.1) is 12.2 Å². The largest absolute Gasteiger partial charge is 0.300 e. The van der Waals surface area contributed by atoms with Crippen molar-refractivity contribution in [1.29, 1.82) is 0 Å². The van der Waals surface area contributed by atoms with E-state index in [2.05, 4.69) is 21.2 Å². The van der Waals surface area contributed by atoms with E-state index in [-0.39, 0.29) is 0 Å². The molecule has 0 aliphatic carbocycles. The number of terminal acetylenes is 1. The zero-order valence-electron chi connectivity index (χ0n) is 7.64. The van der Waals surface area contributed by atoms with Crippen LogP contribution in [0.15, 0.2) is 24.7 Å². The van der Waals surface area contributed by atoms with Crippen molar-refractivity contribution < 1.29 is 0 Å². The van der Waals surface area contributed by atoms with Gasteiger partial charge in [0.1, 0.15) is 0 Å². The first-order valence-electron chi connectivity index (χ1n) is 4.33. The highest BCUT2D eigenvalue weighted by Gasteiger charge is 1.99. The highest BCUT2D eigenvalue weighted by molar-refractivity contribution is 5.29. The van der Waals surface area contributed by atoms with Gasteiger partial charge in [-0.2, -0.15) is 0 Å². The quantitative estimate of drug-likeness (QED) is 0.559. The third-order valence-electron chi connectivity index (χ3n) is 1.82. The molecule has 0 aliphatic heterocycles. The van der Waals surface area contributed by atoms with Crippen molar-refractivity contribution in [2.24, 2.45) is 0 Å². The fraction of sp³-hybridized carbons (Fsp3) is 0.200. The second-order valence-corrected chi connectivity index (χ2v) is 2.87. The smallest absolute Gasteiger partial charge is 0.233 e. The van der Waals surface area contributed by atoms with Crippen LogP contribution in [0.4, 0.5) is 0 Å². The molecule has 0 amide bonds. The maximum Gasteiger partial charge on any atom is 0.233 e. The van der Waals surface area contributed by atoms with Crippen molar-refractivity contribution in [1.82, 2.24) is 19.7 Å². The lowest BCUT2D eigenvalue weighted by molar-refractivity contribution is 0.754. The van der Waals surface area contributed by atoms with Crippen LogP contribution in [0, 0.1) is 12.3 Å². The average Bonchev–Trinajstić information content (AvgIpc) is 2.60. The summed E-state index contributed by atoms with van der Waals surface area (Å²) in [4.78, 5) is 8.42. The van der Waals surface area contributed by atoms with E-state index in [1.165, 1.54) is 0 Å². The molecule has 0 radical (unpaired) electrons. The molecule has 2 heterocycles. The zero-order valence-corrected chi connectivity index (χ0v) is 7.64. The van der Waals surface area contributed by atoms with Gasteiger partial charge in [-0.15, -0.1) is 6.42 Å². The summed E-state index contributed by atoms with van der Waals surface area (Å²) in [5, 5.41) is 3.07. The van der Waals surface area contributed by atoms with E-state index in [9.17, 15) is 0 Å². The van der Waals surface area contributed by atoms with Gasteiger partial charge in [-0.25, -0.2) is 9.97 Å². The number of nitrogens with one attached hydrogen (secondary N) is 1. The SMILES string of the molecule is C#CCNCc1cn2cccnc2n1. The van der Waals surface area contributed by atoms with Crippen molar-refractivity contribution in [2.45, 2.75) is 6.54 Å². The molecule has 4 heteroatoms. The minimum atomic E-state index is 0.557. The van der Waals surface area contributed by atoms with Crippen LogP contribution >= 0.6 is 0 Å². The molecule has 0 unspecified atom stereocenters. The lowest BCUT2D eigenvalue weighted by Gasteiger charge is -1.93. The molecule has 0 aliphatic rings. The second kappa shape index (κ2) is 3.90. The molecule has 70 valence electrons. The lowest BCUT2D eigenvalue weighted by atomic mass is 10.4. The van der Waals surface area contributed by atoms with Crippen LogP contribution in [0.1, 0.15) is 5.69 Å². The van der Waals surface area contributed by atoms with Crippen LogP contribution < -0.4 is 5.32 Å². The summed E-state index contributed by atoms with van der Waals surface area (Å²) in [5.74, 6) is 3.22. The van der Waals surface area contributed by atoms with Crippen molar-refractivity contribution >= 4 is 5.78 Å². The molecule has 14 heavy (non-hydrogen) atoms. The Hall–Kier alpha value is -1.86. The minimum absolute atomic E-state index is 0.557. The Morgan fingerprint density at radius 3 is 3.29 bits per heavy atom. The Morgan fingerprint density at radius 1 is 1.57 bits per heavy atom. The number of aromatic nitrogens is 3. The maximum absolute atomic E-state index is 5.12. The summed E-state index contributed by atoms with van der Waals surface area (Å²) in [6.45, 7) is 1.23. The maximum atomic E-state index is 5.12. The highest BCUT2D eigenvalue weighted by Crippen LogP contribution is 2.00. The van der Waals surface area contributed by atoms with Gasteiger partial charge in [0, 0.05) is 25.1 Å².